The quantitative estimate of drug-likeness (QED) is 0.243. The summed E-state index contributed by atoms with van der Waals surface area (Å²) < 4.78 is 11.2. The van der Waals surface area contributed by atoms with E-state index in [0.29, 0.717) is 35.6 Å². The fraction of sp³-hybridized carbons (Fsp3) is 0.345. The van der Waals surface area contributed by atoms with Crippen LogP contribution in [0, 0.1) is 5.92 Å². The average molecular weight is 589 g/mol. The van der Waals surface area contributed by atoms with Gasteiger partial charge in [-0.05, 0) is 45.2 Å². The van der Waals surface area contributed by atoms with Gasteiger partial charge in [-0.2, -0.15) is 0 Å². The van der Waals surface area contributed by atoms with Gasteiger partial charge in [0.05, 0.1) is 17.6 Å². The molecule has 1 fully saturated rings. The number of amides is 3. The summed E-state index contributed by atoms with van der Waals surface area (Å²) >= 11 is 0. The van der Waals surface area contributed by atoms with Gasteiger partial charge in [-0.25, -0.2) is 19.6 Å². The largest absolute Gasteiger partial charge is 0.465 e. The van der Waals surface area contributed by atoms with Crippen molar-refractivity contribution in [2.45, 2.75) is 45.8 Å². The average Bonchev–Trinajstić information content (AvgIpc) is 3.28. The van der Waals surface area contributed by atoms with E-state index in [9.17, 15) is 19.5 Å². The highest BCUT2D eigenvalue weighted by Crippen LogP contribution is 2.34. The Morgan fingerprint density at radius 1 is 1.05 bits per heavy atom. The second-order valence-electron chi connectivity index (χ2n) is 11.4. The first-order valence-corrected chi connectivity index (χ1v) is 13.6. The third kappa shape index (κ3) is 6.97. The number of hydrogen-bond acceptors (Lipinski definition) is 10. The van der Waals surface area contributed by atoms with Crippen LogP contribution in [0.1, 0.15) is 44.5 Å². The summed E-state index contributed by atoms with van der Waals surface area (Å²) in [6.45, 7) is 8.65. The molecule has 14 heteroatoms. The molecule has 0 unspecified atom stereocenters. The Morgan fingerprint density at radius 3 is 2.53 bits per heavy atom. The minimum absolute atomic E-state index is 0.0838. The van der Waals surface area contributed by atoms with Crippen LogP contribution in [0.25, 0.3) is 22.2 Å². The van der Waals surface area contributed by atoms with Crippen molar-refractivity contribution >= 4 is 46.5 Å². The van der Waals surface area contributed by atoms with Crippen LogP contribution in [-0.2, 0) is 4.74 Å². The molecule has 0 saturated carbocycles. The van der Waals surface area contributed by atoms with Crippen LogP contribution < -0.4 is 20.9 Å². The minimum Gasteiger partial charge on any atom is -0.465 e. The second-order valence-corrected chi connectivity index (χ2v) is 11.4. The van der Waals surface area contributed by atoms with E-state index in [1.165, 1.54) is 18.7 Å². The maximum absolute atomic E-state index is 13.7. The Labute approximate surface area is 246 Å². The number of carbonyl (C=O) groups excluding carboxylic acids is 2. The third-order valence-electron chi connectivity index (χ3n) is 6.64. The van der Waals surface area contributed by atoms with Crippen LogP contribution in [0.3, 0.4) is 0 Å². The van der Waals surface area contributed by atoms with Crippen LogP contribution in [0.15, 0.2) is 53.9 Å². The molecule has 4 N–H and O–H groups in total. The van der Waals surface area contributed by atoms with E-state index in [1.54, 1.807) is 30.7 Å². The summed E-state index contributed by atoms with van der Waals surface area (Å²) in [5.74, 6) is -0.691. The summed E-state index contributed by atoms with van der Waals surface area (Å²) in [6.07, 6.45) is 8.11. The first-order valence-electron chi connectivity index (χ1n) is 13.6. The van der Waals surface area contributed by atoms with Crippen LogP contribution in [0.2, 0.25) is 0 Å². The Kier molecular flexibility index (Phi) is 8.10. The first kappa shape index (κ1) is 29.2. The van der Waals surface area contributed by atoms with Crippen molar-refractivity contribution < 1.29 is 28.6 Å². The van der Waals surface area contributed by atoms with Gasteiger partial charge in [0.2, 0.25) is 5.88 Å². The third-order valence-corrected chi connectivity index (χ3v) is 6.64. The summed E-state index contributed by atoms with van der Waals surface area (Å²) in [6, 6.07) is 3.22. The lowest BCUT2D eigenvalue weighted by atomic mass is 9.95. The van der Waals surface area contributed by atoms with Crippen molar-refractivity contribution in [1.29, 1.82) is 0 Å². The van der Waals surface area contributed by atoms with E-state index in [1.807, 2.05) is 20.8 Å². The molecule has 2 atom stereocenters. The number of furan rings is 1. The molecule has 43 heavy (non-hydrogen) atoms. The predicted octanol–water partition coefficient (Wildman–Crippen LogP) is 4.76. The van der Waals surface area contributed by atoms with Crippen LogP contribution in [0.4, 0.5) is 26.8 Å². The van der Waals surface area contributed by atoms with E-state index < -0.39 is 23.7 Å². The van der Waals surface area contributed by atoms with Crippen molar-refractivity contribution in [3.8, 4) is 11.1 Å². The van der Waals surface area contributed by atoms with Crippen LogP contribution >= 0.6 is 0 Å². The molecule has 4 aromatic rings. The van der Waals surface area contributed by atoms with Gasteiger partial charge >= 0.3 is 12.2 Å². The Bertz CT molecular complexity index is 1650. The molecule has 14 nitrogen and oxygen atoms in total. The smallest absolute Gasteiger partial charge is 0.411 e. The molecule has 5 rings (SSSR count). The Morgan fingerprint density at radius 2 is 1.81 bits per heavy atom. The van der Waals surface area contributed by atoms with Crippen molar-refractivity contribution in [3.63, 3.8) is 0 Å². The van der Waals surface area contributed by atoms with E-state index in [2.05, 4.69) is 47.7 Å². The molecule has 1 saturated heterocycles. The molecule has 0 bridgehead atoms. The molecule has 4 aromatic heterocycles. The summed E-state index contributed by atoms with van der Waals surface area (Å²) in [4.78, 5) is 56.4. The topological polar surface area (TPSA) is 185 Å². The molecule has 0 aliphatic carbocycles. The highest BCUT2D eigenvalue weighted by Gasteiger charge is 2.30. The summed E-state index contributed by atoms with van der Waals surface area (Å²) in [7, 11) is 0. The molecule has 0 radical (unpaired) electrons. The lowest BCUT2D eigenvalue weighted by molar-refractivity contribution is 0.0495. The normalized spacial score (nSPS) is 16.9. The molecular formula is C29H32N8O6. The van der Waals surface area contributed by atoms with Crippen molar-refractivity contribution in [3.05, 3.63) is 55.0 Å². The number of hydrogen-bond donors (Lipinski definition) is 4. The molecule has 0 aromatic carbocycles. The zero-order chi connectivity index (χ0) is 30.7. The molecule has 0 spiro atoms. The number of nitrogens with one attached hydrogen (secondary N) is 3. The second kappa shape index (κ2) is 11.9. The maximum atomic E-state index is 13.7. The highest BCUT2D eigenvalue weighted by atomic mass is 16.6. The predicted molar refractivity (Wildman–Crippen MR) is 158 cm³/mol. The number of carboxylic acid groups (broad SMARTS) is 1. The number of piperidine rings is 1. The lowest BCUT2D eigenvalue weighted by Crippen LogP contribution is -2.51. The molecule has 1 aliphatic heterocycles. The van der Waals surface area contributed by atoms with Crippen molar-refractivity contribution in [1.82, 2.24) is 25.3 Å². The number of rotatable bonds is 6. The number of ether oxygens (including phenoxy) is 1. The highest BCUT2D eigenvalue weighted by molar-refractivity contribution is 6.16. The molecule has 1 aliphatic rings. The van der Waals surface area contributed by atoms with Gasteiger partial charge in [-0.15, -0.1) is 0 Å². The van der Waals surface area contributed by atoms with Crippen LogP contribution in [0.5, 0.6) is 0 Å². The maximum Gasteiger partial charge on any atom is 0.411 e. The van der Waals surface area contributed by atoms with Crippen molar-refractivity contribution in [2.24, 2.45) is 5.92 Å². The fourth-order valence-corrected chi connectivity index (χ4v) is 5.05. The van der Waals surface area contributed by atoms with E-state index in [0.717, 1.165) is 6.42 Å². The Hall–Kier alpha value is -5.27. The number of pyridine rings is 2. The Balaban J connectivity index is 1.42. The van der Waals surface area contributed by atoms with Gasteiger partial charge < -0.3 is 29.8 Å². The number of nitrogens with zero attached hydrogens (tertiary/aromatic N) is 5. The van der Waals surface area contributed by atoms with Crippen LogP contribution in [-0.4, -0.2) is 67.9 Å². The number of fused-ring (bicyclic) bond motifs is 1. The first-order chi connectivity index (χ1) is 20.5. The zero-order valence-electron chi connectivity index (χ0n) is 24.1. The monoisotopic (exact) mass is 588 g/mol. The molecular weight excluding hydrogens is 556 g/mol. The number of aromatic nitrogens is 4. The summed E-state index contributed by atoms with van der Waals surface area (Å²) in [5.41, 5.74) is 2.03. The zero-order valence-corrected chi connectivity index (χ0v) is 24.1. The van der Waals surface area contributed by atoms with Gasteiger partial charge in [0.1, 0.15) is 23.0 Å². The standard InChI is InChI=1S/C29H32N8O6/c1-16-7-19(34-28(41)43-29(2,3)4)14-37(13-16)21-5-6-30-12-20(21)35-25(38)23-24-22(42-26(23)36-27(39)40)8-17(11-33-24)18-9-31-15-32-10-18/h5-6,8-12,15-16,19,36H,7,13-14H2,1-4H3,(H,34,41)(H,35,38)(H,39,40)/t16-,19+/m1/s1. The van der Waals surface area contributed by atoms with Gasteiger partial charge in [-0.3, -0.25) is 20.1 Å². The summed E-state index contributed by atoms with van der Waals surface area (Å²) in [5, 5.41) is 17.4. The number of alkyl carbamates (subject to hydrolysis) is 1. The van der Waals surface area contributed by atoms with Gasteiger partial charge in [0.25, 0.3) is 5.91 Å². The number of anilines is 3. The lowest BCUT2D eigenvalue weighted by Gasteiger charge is -2.39. The van der Waals surface area contributed by atoms with Gasteiger partial charge in [-0.1, -0.05) is 6.92 Å². The van der Waals surface area contributed by atoms with E-state index in [4.69, 9.17) is 9.15 Å². The minimum atomic E-state index is -1.40. The van der Waals surface area contributed by atoms with Crippen molar-refractivity contribution in [2.75, 3.05) is 28.6 Å². The number of carbonyl (C=O) groups is 3. The van der Waals surface area contributed by atoms with Gasteiger partial charge in [0, 0.05) is 55.0 Å². The SMILES string of the molecule is C[C@@H]1C[C@H](NC(=O)OC(C)(C)C)CN(c2ccncc2NC(=O)c2c(NC(=O)O)oc3cc(-c4cncnc4)cnc23)C1. The van der Waals surface area contributed by atoms with E-state index in [-0.39, 0.29) is 34.5 Å². The molecule has 5 heterocycles. The van der Waals surface area contributed by atoms with E-state index >= 15 is 0 Å². The fourth-order valence-electron chi connectivity index (χ4n) is 5.05. The van der Waals surface area contributed by atoms with Gasteiger partial charge in [0.15, 0.2) is 5.58 Å². The molecule has 224 valence electrons. The molecule has 3 amide bonds.